The van der Waals surface area contributed by atoms with E-state index in [2.05, 4.69) is 6.92 Å². The topological polar surface area (TPSA) is 26.8 Å². The summed E-state index contributed by atoms with van der Waals surface area (Å²) in [5.41, 5.74) is 0.0963. The summed E-state index contributed by atoms with van der Waals surface area (Å²) in [7, 11) is 3.54. The first kappa shape index (κ1) is 8.70. The zero-order valence-corrected chi connectivity index (χ0v) is 9.01. The maximum Gasteiger partial charge on any atom is 0.286 e. The van der Waals surface area contributed by atoms with Crippen molar-refractivity contribution in [2.45, 2.75) is 12.5 Å². The van der Waals surface area contributed by atoms with Crippen molar-refractivity contribution in [2.24, 2.45) is 0 Å². The molecule has 0 aromatic rings. The molecule has 0 spiro atoms. The highest BCUT2D eigenvalue weighted by Gasteiger charge is 2.60. The molecule has 0 aromatic carbocycles. The van der Waals surface area contributed by atoms with Crippen LogP contribution in [0.1, 0.15) is 6.92 Å². The fourth-order valence-corrected chi connectivity index (χ4v) is 5.63. The first-order valence-corrected chi connectivity index (χ1v) is 5.75. The summed E-state index contributed by atoms with van der Waals surface area (Å²) < 4.78 is 18.4. The fraction of sp³-hybridized carbons (Fsp3) is 1.00. The number of fused-ring (bicyclic) bond motifs is 2. The van der Waals surface area contributed by atoms with E-state index in [9.17, 15) is 4.57 Å². The van der Waals surface area contributed by atoms with Crippen LogP contribution in [0.2, 0.25) is 0 Å². The van der Waals surface area contributed by atoms with Crippen LogP contribution in [-0.4, -0.2) is 53.8 Å². The Kier molecular flexibility index (Phi) is 1.54. The first-order chi connectivity index (χ1) is 5.41. The summed E-state index contributed by atoms with van der Waals surface area (Å²) in [6, 6.07) is 0. The van der Waals surface area contributed by atoms with E-state index in [-0.39, 0.29) is 5.54 Å². The standard InChI is InChI=1S/C7H16N3OP/c1-7-5-8(2)12(11,10(7)4)9(3)6-7/h5-6H2,1-4H3. The number of likely N-dealkylation sites (N-methyl/N-ethyl adjacent to an activating group) is 3. The van der Waals surface area contributed by atoms with E-state index in [4.69, 9.17) is 0 Å². The van der Waals surface area contributed by atoms with Gasteiger partial charge in [-0.05, 0) is 28.1 Å². The summed E-state index contributed by atoms with van der Waals surface area (Å²) in [6.45, 7) is 4.02. The van der Waals surface area contributed by atoms with Crippen molar-refractivity contribution in [3.63, 3.8) is 0 Å². The highest BCUT2D eigenvalue weighted by Crippen LogP contribution is 2.67. The van der Waals surface area contributed by atoms with E-state index in [0.717, 1.165) is 13.1 Å². The van der Waals surface area contributed by atoms with Crippen molar-refractivity contribution >= 4 is 7.59 Å². The van der Waals surface area contributed by atoms with Gasteiger partial charge in [0.15, 0.2) is 0 Å². The SMILES string of the molecule is CN1CC2(C)CN(C)P1(=O)N2C. The molecule has 2 fully saturated rings. The molecule has 2 aliphatic heterocycles. The predicted molar refractivity (Wildman–Crippen MR) is 49.0 cm³/mol. The third kappa shape index (κ3) is 0.721. The zero-order chi connectivity index (χ0) is 9.15. The van der Waals surface area contributed by atoms with Gasteiger partial charge in [-0.25, -0.2) is 14.0 Å². The number of rotatable bonds is 0. The van der Waals surface area contributed by atoms with Gasteiger partial charge < -0.3 is 0 Å². The molecule has 2 saturated heterocycles. The van der Waals surface area contributed by atoms with E-state index in [1.54, 1.807) is 0 Å². The van der Waals surface area contributed by atoms with E-state index >= 15 is 0 Å². The van der Waals surface area contributed by atoms with Gasteiger partial charge in [0.25, 0.3) is 7.59 Å². The number of nitrogens with zero attached hydrogens (tertiary/aromatic N) is 3. The Bertz CT molecular complexity index is 251. The van der Waals surface area contributed by atoms with Crippen LogP contribution in [-0.2, 0) is 4.57 Å². The Morgan fingerprint density at radius 3 is 1.75 bits per heavy atom. The predicted octanol–water partition coefficient (Wildman–Crippen LogP) is 0.676. The van der Waals surface area contributed by atoms with Gasteiger partial charge in [0.2, 0.25) is 0 Å². The second-order valence-corrected chi connectivity index (χ2v) is 7.16. The van der Waals surface area contributed by atoms with Crippen molar-refractivity contribution in [1.82, 2.24) is 14.0 Å². The summed E-state index contributed by atoms with van der Waals surface area (Å²) in [4.78, 5) is 0. The van der Waals surface area contributed by atoms with Gasteiger partial charge in [-0.15, -0.1) is 0 Å². The van der Waals surface area contributed by atoms with Crippen molar-refractivity contribution in [2.75, 3.05) is 34.2 Å². The smallest absolute Gasteiger partial charge is 0.270 e. The van der Waals surface area contributed by atoms with Crippen molar-refractivity contribution in [1.29, 1.82) is 0 Å². The van der Waals surface area contributed by atoms with Gasteiger partial charge in [-0.3, -0.25) is 4.57 Å². The van der Waals surface area contributed by atoms with Crippen molar-refractivity contribution in [3.05, 3.63) is 0 Å². The average Bonchev–Trinajstić information content (AvgIpc) is 2.21. The lowest BCUT2D eigenvalue weighted by atomic mass is 10.0. The number of hydrogen-bond acceptors (Lipinski definition) is 1. The minimum absolute atomic E-state index is 0.0963. The van der Waals surface area contributed by atoms with Crippen molar-refractivity contribution in [3.8, 4) is 0 Å². The van der Waals surface area contributed by atoms with Crippen LogP contribution in [0.3, 0.4) is 0 Å². The van der Waals surface area contributed by atoms with Gasteiger partial charge >= 0.3 is 0 Å². The van der Waals surface area contributed by atoms with Gasteiger partial charge in [0.1, 0.15) is 0 Å². The Hall–Kier alpha value is 0.110. The largest absolute Gasteiger partial charge is 0.286 e. The van der Waals surface area contributed by atoms with Gasteiger partial charge in [0.05, 0.1) is 5.54 Å². The summed E-state index contributed by atoms with van der Waals surface area (Å²) in [6.07, 6.45) is 0. The molecule has 70 valence electrons. The van der Waals surface area contributed by atoms with Crippen LogP contribution >= 0.6 is 7.59 Å². The molecule has 2 heterocycles. The van der Waals surface area contributed by atoms with E-state index in [0.29, 0.717) is 0 Å². The van der Waals surface area contributed by atoms with Crippen LogP contribution in [0.5, 0.6) is 0 Å². The Morgan fingerprint density at radius 2 is 1.58 bits per heavy atom. The average molecular weight is 189 g/mol. The Labute approximate surface area is 73.7 Å². The van der Waals surface area contributed by atoms with Gasteiger partial charge in [-0.1, -0.05) is 0 Å². The lowest BCUT2D eigenvalue weighted by molar-refractivity contribution is 0.246. The van der Waals surface area contributed by atoms with Crippen LogP contribution in [0.15, 0.2) is 0 Å². The molecule has 4 nitrogen and oxygen atoms in total. The molecule has 12 heavy (non-hydrogen) atoms. The molecule has 0 N–H and O–H groups in total. The van der Waals surface area contributed by atoms with Crippen LogP contribution < -0.4 is 0 Å². The highest BCUT2D eigenvalue weighted by atomic mass is 31.2. The third-order valence-electron chi connectivity index (χ3n) is 3.20. The molecule has 0 saturated carbocycles. The lowest BCUT2D eigenvalue weighted by Crippen LogP contribution is -2.44. The van der Waals surface area contributed by atoms with Crippen LogP contribution in [0.25, 0.3) is 0 Å². The van der Waals surface area contributed by atoms with Gasteiger partial charge in [0, 0.05) is 13.1 Å². The molecule has 0 aromatic heterocycles. The van der Waals surface area contributed by atoms with Crippen molar-refractivity contribution < 1.29 is 4.57 Å². The van der Waals surface area contributed by atoms with Crippen LogP contribution in [0, 0.1) is 0 Å². The summed E-state index contributed by atoms with van der Waals surface area (Å²) >= 11 is 0. The monoisotopic (exact) mass is 189 g/mol. The molecular formula is C7H16N3OP. The molecule has 0 radical (unpaired) electrons. The maximum atomic E-state index is 12.4. The zero-order valence-electron chi connectivity index (χ0n) is 8.11. The third-order valence-corrected chi connectivity index (χ3v) is 6.53. The molecule has 0 atom stereocenters. The molecule has 0 unspecified atom stereocenters. The molecule has 0 amide bonds. The summed E-state index contributed by atoms with van der Waals surface area (Å²) in [5.74, 6) is 0. The van der Waals surface area contributed by atoms with E-state index < -0.39 is 7.59 Å². The normalized spacial score (nSPS) is 50.7. The highest BCUT2D eigenvalue weighted by molar-refractivity contribution is 7.57. The Balaban J connectivity index is 2.49. The van der Waals surface area contributed by atoms with Gasteiger partial charge in [-0.2, -0.15) is 0 Å². The summed E-state index contributed by atoms with van der Waals surface area (Å²) in [5, 5.41) is 0. The minimum Gasteiger partial charge on any atom is -0.270 e. The van der Waals surface area contributed by atoms with E-state index in [1.807, 2.05) is 35.2 Å². The van der Waals surface area contributed by atoms with E-state index in [1.165, 1.54) is 0 Å². The minimum atomic E-state index is -2.32. The number of hydrogen-bond donors (Lipinski definition) is 0. The molecule has 2 bridgehead atoms. The molecule has 0 aliphatic carbocycles. The quantitative estimate of drug-likeness (QED) is 0.523. The van der Waals surface area contributed by atoms with Crippen LogP contribution in [0.4, 0.5) is 0 Å². The first-order valence-electron chi connectivity index (χ1n) is 4.19. The molecular weight excluding hydrogens is 173 g/mol. The molecule has 5 heteroatoms. The second-order valence-electron chi connectivity index (χ2n) is 4.17. The molecule has 2 aliphatic rings. The maximum absolute atomic E-state index is 12.4. The molecule has 2 rings (SSSR count). The Morgan fingerprint density at radius 1 is 1.17 bits per heavy atom. The lowest BCUT2D eigenvalue weighted by Gasteiger charge is -2.30. The fourth-order valence-electron chi connectivity index (χ4n) is 2.46. The second kappa shape index (κ2) is 2.13.